The summed E-state index contributed by atoms with van der Waals surface area (Å²) in [5.74, 6) is -0.405. The van der Waals surface area contributed by atoms with Gasteiger partial charge in [-0.2, -0.15) is 0 Å². The quantitative estimate of drug-likeness (QED) is 0.559. The molecule has 0 spiro atoms. The molecule has 0 aromatic heterocycles. The predicted molar refractivity (Wildman–Crippen MR) is 49.0 cm³/mol. The summed E-state index contributed by atoms with van der Waals surface area (Å²) >= 11 is 0. The van der Waals surface area contributed by atoms with Gasteiger partial charge in [-0.15, -0.1) is 0 Å². The van der Waals surface area contributed by atoms with Crippen LogP contribution in [0.4, 0.5) is 0 Å². The first-order chi connectivity index (χ1) is 5.22. The highest BCUT2D eigenvalue weighted by atomic mass is 16.7. The average Bonchev–Trinajstić information content (AvgIpc) is 2.03. The summed E-state index contributed by atoms with van der Waals surface area (Å²) in [6.07, 6.45) is 0.396. The van der Waals surface area contributed by atoms with Gasteiger partial charge in [0.1, 0.15) is 0 Å². The van der Waals surface area contributed by atoms with Gasteiger partial charge in [0.25, 0.3) is 0 Å². The van der Waals surface area contributed by atoms with Gasteiger partial charge in [0.15, 0.2) is 5.79 Å². The smallest absolute Gasteiger partial charge is 0.163 e. The van der Waals surface area contributed by atoms with Gasteiger partial charge in [-0.25, -0.2) is 0 Å². The van der Waals surface area contributed by atoms with E-state index in [2.05, 4.69) is 27.7 Å². The van der Waals surface area contributed by atoms with E-state index in [0.717, 1.165) is 0 Å². The van der Waals surface area contributed by atoms with E-state index < -0.39 is 5.79 Å². The maximum absolute atomic E-state index is 5.80. The third kappa shape index (κ3) is 1.99. The standard InChI is InChI=1S/C10H20O2/c1-7-8(9(2,3)4)12-10(5,6)11-7/h7-8H,1-6H3/t7?,8-/m1/s1. The molecule has 0 bridgehead atoms. The van der Waals surface area contributed by atoms with Crippen LogP contribution in [0.2, 0.25) is 0 Å². The van der Waals surface area contributed by atoms with Crippen LogP contribution >= 0.6 is 0 Å². The van der Waals surface area contributed by atoms with Crippen LogP contribution in [-0.2, 0) is 9.47 Å². The fourth-order valence-electron chi connectivity index (χ4n) is 1.82. The van der Waals surface area contributed by atoms with Crippen LogP contribution in [0.15, 0.2) is 0 Å². The maximum atomic E-state index is 5.80. The van der Waals surface area contributed by atoms with E-state index in [1.165, 1.54) is 0 Å². The molecule has 1 aliphatic rings. The molecule has 1 rings (SSSR count). The van der Waals surface area contributed by atoms with Gasteiger partial charge in [0, 0.05) is 0 Å². The fourth-order valence-corrected chi connectivity index (χ4v) is 1.82. The van der Waals surface area contributed by atoms with Gasteiger partial charge in [-0.1, -0.05) is 20.8 Å². The molecule has 0 radical (unpaired) electrons. The van der Waals surface area contributed by atoms with E-state index in [4.69, 9.17) is 9.47 Å². The van der Waals surface area contributed by atoms with E-state index in [1.807, 2.05) is 13.8 Å². The molecule has 1 saturated heterocycles. The van der Waals surface area contributed by atoms with Gasteiger partial charge in [-0.3, -0.25) is 0 Å². The van der Waals surface area contributed by atoms with Crippen molar-refractivity contribution in [3.8, 4) is 0 Å². The third-order valence-electron chi connectivity index (χ3n) is 2.16. The van der Waals surface area contributed by atoms with Crippen molar-refractivity contribution in [3.63, 3.8) is 0 Å². The molecule has 0 aromatic rings. The lowest BCUT2D eigenvalue weighted by Crippen LogP contribution is -2.34. The van der Waals surface area contributed by atoms with Crippen LogP contribution in [0.1, 0.15) is 41.5 Å². The normalized spacial score (nSPS) is 35.5. The molecule has 2 heteroatoms. The first kappa shape index (κ1) is 10.0. The molecule has 2 atom stereocenters. The van der Waals surface area contributed by atoms with Crippen molar-refractivity contribution in [2.75, 3.05) is 0 Å². The van der Waals surface area contributed by atoms with Gasteiger partial charge in [0.05, 0.1) is 12.2 Å². The van der Waals surface area contributed by atoms with Crippen molar-refractivity contribution in [2.24, 2.45) is 5.41 Å². The van der Waals surface area contributed by atoms with Crippen LogP contribution in [0, 0.1) is 5.41 Å². The number of rotatable bonds is 0. The number of hydrogen-bond acceptors (Lipinski definition) is 2. The molecule has 1 heterocycles. The van der Waals surface area contributed by atoms with Crippen LogP contribution in [0.3, 0.4) is 0 Å². The van der Waals surface area contributed by atoms with Crippen molar-refractivity contribution >= 4 is 0 Å². The third-order valence-corrected chi connectivity index (χ3v) is 2.16. The van der Waals surface area contributed by atoms with Crippen LogP contribution < -0.4 is 0 Å². The Morgan fingerprint density at radius 2 is 1.58 bits per heavy atom. The molecule has 0 saturated carbocycles. The van der Waals surface area contributed by atoms with Crippen LogP contribution in [0.25, 0.3) is 0 Å². The van der Waals surface area contributed by atoms with Crippen molar-refractivity contribution in [2.45, 2.75) is 59.5 Å². The zero-order chi connectivity index (χ0) is 9.57. The summed E-state index contributed by atoms with van der Waals surface area (Å²) in [6.45, 7) is 12.5. The lowest BCUT2D eigenvalue weighted by molar-refractivity contribution is -0.153. The summed E-state index contributed by atoms with van der Waals surface area (Å²) in [5.41, 5.74) is 0.160. The van der Waals surface area contributed by atoms with E-state index in [0.29, 0.717) is 0 Å². The van der Waals surface area contributed by atoms with Gasteiger partial charge < -0.3 is 9.47 Å². The van der Waals surface area contributed by atoms with Gasteiger partial charge in [-0.05, 0) is 26.2 Å². The Hall–Kier alpha value is -0.0800. The van der Waals surface area contributed by atoms with Gasteiger partial charge >= 0.3 is 0 Å². The van der Waals surface area contributed by atoms with E-state index >= 15 is 0 Å². The summed E-state index contributed by atoms with van der Waals surface area (Å²) in [7, 11) is 0. The molecule has 0 aliphatic carbocycles. The lowest BCUT2D eigenvalue weighted by atomic mass is 9.86. The highest BCUT2D eigenvalue weighted by molar-refractivity contribution is 4.86. The molecular weight excluding hydrogens is 152 g/mol. The fraction of sp³-hybridized carbons (Fsp3) is 1.00. The summed E-state index contributed by atoms with van der Waals surface area (Å²) in [6, 6.07) is 0. The van der Waals surface area contributed by atoms with Crippen molar-refractivity contribution in [1.29, 1.82) is 0 Å². The van der Waals surface area contributed by atoms with E-state index in [1.54, 1.807) is 0 Å². The zero-order valence-corrected chi connectivity index (χ0v) is 8.97. The Labute approximate surface area is 75.2 Å². The van der Waals surface area contributed by atoms with Crippen LogP contribution in [-0.4, -0.2) is 18.0 Å². The van der Waals surface area contributed by atoms with Crippen molar-refractivity contribution in [3.05, 3.63) is 0 Å². The summed E-state index contributed by atoms with van der Waals surface area (Å²) < 4.78 is 11.5. The molecule has 2 nitrogen and oxygen atoms in total. The minimum absolute atomic E-state index is 0.160. The monoisotopic (exact) mass is 172 g/mol. The Morgan fingerprint density at radius 1 is 1.08 bits per heavy atom. The minimum Gasteiger partial charge on any atom is -0.345 e. The number of hydrogen-bond donors (Lipinski definition) is 0. The van der Waals surface area contributed by atoms with Crippen molar-refractivity contribution < 1.29 is 9.47 Å². The Kier molecular flexibility index (Phi) is 2.26. The molecular formula is C10H20O2. The summed E-state index contributed by atoms with van der Waals surface area (Å²) in [4.78, 5) is 0. The molecule has 72 valence electrons. The first-order valence-electron chi connectivity index (χ1n) is 4.58. The lowest BCUT2D eigenvalue weighted by Gasteiger charge is -2.28. The Bertz CT molecular complexity index is 167. The summed E-state index contributed by atoms with van der Waals surface area (Å²) in [5, 5.41) is 0. The maximum Gasteiger partial charge on any atom is 0.163 e. The molecule has 1 unspecified atom stereocenters. The predicted octanol–water partition coefficient (Wildman–Crippen LogP) is 2.57. The molecule has 0 N–H and O–H groups in total. The van der Waals surface area contributed by atoms with Crippen LogP contribution in [0.5, 0.6) is 0 Å². The molecule has 1 aliphatic heterocycles. The highest BCUT2D eigenvalue weighted by Crippen LogP contribution is 2.37. The van der Waals surface area contributed by atoms with E-state index in [9.17, 15) is 0 Å². The second kappa shape index (κ2) is 2.71. The molecule has 1 fully saturated rings. The first-order valence-corrected chi connectivity index (χ1v) is 4.58. The highest BCUT2D eigenvalue weighted by Gasteiger charge is 2.44. The Balaban J connectivity index is 2.71. The zero-order valence-electron chi connectivity index (χ0n) is 8.97. The number of ether oxygens (including phenoxy) is 2. The Morgan fingerprint density at radius 3 is 1.75 bits per heavy atom. The molecule has 12 heavy (non-hydrogen) atoms. The second-order valence-electron chi connectivity index (χ2n) is 5.13. The minimum atomic E-state index is -0.405. The van der Waals surface area contributed by atoms with E-state index in [-0.39, 0.29) is 17.6 Å². The molecule has 0 amide bonds. The largest absolute Gasteiger partial charge is 0.345 e. The second-order valence-corrected chi connectivity index (χ2v) is 5.13. The molecule has 0 aromatic carbocycles. The van der Waals surface area contributed by atoms with Gasteiger partial charge in [0.2, 0.25) is 0 Å². The SMILES string of the molecule is CC1OC(C)(C)O[C@H]1C(C)(C)C. The van der Waals surface area contributed by atoms with Crippen molar-refractivity contribution in [1.82, 2.24) is 0 Å². The average molecular weight is 172 g/mol. The topological polar surface area (TPSA) is 18.5 Å².